The Bertz CT molecular complexity index is 394. The highest BCUT2D eigenvalue weighted by Crippen LogP contribution is 2.22. The van der Waals surface area contributed by atoms with Crippen molar-refractivity contribution < 1.29 is 0 Å². The van der Waals surface area contributed by atoms with E-state index in [4.69, 9.17) is 0 Å². The van der Waals surface area contributed by atoms with Crippen LogP contribution in [-0.2, 0) is 0 Å². The molecule has 1 unspecified atom stereocenters. The zero-order valence-corrected chi connectivity index (χ0v) is 12.6. The molecule has 0 aromatic heterocycles. The third-order valence-corrected chi connectivity index (χ3v) is 4.85. The maximum atomic E-state index is 3.43. The lowest BCUT2D eigenvalue weighted by atomic mass is 9.96. The van der Waals surface area contributed by atoms with E-state index < -0.39 is 0 Å². The van der Waals surface area contributed by atoms with Crippen molar-refractivity contribution in [1.82, 2.24) is 15.1 Å². The predicted molar refractivity (Wildman–Crippen MR) is 84.1 cm³/mol. The summed E-state index contributed by atoms with van der Waals surface area (Å²) in [6.45, 7) is 11.0. The van der Waals surface area contributed by atoms with Gasteiger partial charge in [0, 0.05) is 45.3 Å². The van der Waals surface area contributed by atoms with Crippen LogP contribution in [-0.4, -0.2) is 61.7 Å². The van der Waals surface area contributed by atoms with E-state index in [9.17, 15) is 0 Å². The minimum absolute atomic E-state index is 0.675. The normalized spacial score (nSPS) is 23.4. The first-order valence-corrected chi connectivity index (χ1v) is 8.05. The Morgan fingerprint density at radius 2 is 1.85 bits per heavy atom. The molecule has 2 fully saturated rings. The maximum absolute atomic E-state index is 3.43. The molecule has 2 heterocycles. The molecule has 2 aliphatic rings. The Balaban J connectivity index is 1.36. The van der Waals surface area contributed by atoms with Gasteiger partial charge < -0.3 is 10.2 Å². The van der Waals surface area contributed by atoms with Crippen molar-refractivity contribution in [3.8, 4) is 0 Å². The van der Waals surface area contributed by atoms with Gasteiger partial charge in [0.25, 0.3) is 0 Å². The molecule has 3 nitrogen and oxygen atoms in total. The highest BCUT2D eigenvalue weighted by atomic mass is 15.3. The molecule has 1 N–H and O–H groups in total. The van der Waals surface area contributed by atoms with Gasteiger partial charge in [-0.25, -0.2) is 0 Å². The molecular formula is C17H27N3. The summed E-state index contributed by atoms with van der Waals surface area (Å²) in [4.78, 5) is 5.28. The Morgan fingerprint density at radius 3 is 2.55 bits per heavy atom. The number of nitrogens with one attached hydrogen (secondary N) is 1. The van der Waals surface area contributed by atoms with Gasteiger partial charge in [-0.2, -0.15) is 0 Å². The zero-order valence-electron chi connectivity index (χ0n) is 12.6. The van der Waals surface area contributed by atoms with Crippen LogP contribution in [0, 0.1) is 0 Å². The average molecular weight is 273 g/mol. The van der Waals surface area contributed by atoms with Crippen LogP contribution in [0.5, 0.6) is 0 Å². The smallest absolute Gasteiger partial charge is 0.0351 e. The number of rotatable bonds is 5. The van der Waals surface area contributed by atoms with Gasteiger partial charge in [-0.1, -0.05) is 37.3 Å². The molecule has 3 rings (SSSR count). The Kier molecular flexibility index (Phi) is 4.71. The van der Waals surface area contributed by atoms with Gasteiger partial charge >= 0.3 is 0 Å². The predicted octanol–water partition coefficient (Wildman–Crippen LogP) is 1.77. The van der Waals surface area contributed by atoms with E-state index in [-0.39, 0.29) is 0 Å². The summed E-state index contributed by atoms with van der Waals surface area (Å²) in [5.74, 6) is 0.675. The van der Waals surface area contributed by atoms with Crippen molar-refractivity contribution in [2.75, 3.05) is 45.8 Å². The monoisotopic (exact) mass is 273 g/mol. The van der Waals surface area contributed by atoms with Crippen molar-refractivity contribution in [2.24, 2.45) is 0 Å². The van der Waals surface area contributed by atoms with Gasteiger partial charge in [-0.15, -0.1) is 0 Å². The lowest BCUT2D eigenvalue weighted by Crippen LogP contribution is -2.62. The lowest BCUT2D eigenvalue weighted by molar-refractivity contribution is 0.0259. The van der Waals surface area contributed by atoms with Crippen LogP contribution in [0.15, 0.2) is 30.3 Å². The van der Waals surface area contributed by atoms with E-state index in [0.717, 1.165) is 6.04 Å². The Morgan fingerprint density at radius 1 is 1.15 bits per heavy atom. The molecule has 110 valence electrons. The fourth-order valence-corrected chi connectivity index (χ4v) is 3.33. The molecule has 1 aromatic rings. The first-order valence-electron chi connectivity index (χ1n) is 8.05. The number of hydrogen-bond donors (Lipinski definition) is 1. The molecule has 3 heteroatoms. The lowest BCUT2D eigenvalue weighted by Gasteiger charge is -2.47. The third-order valence-electron chi connectivity index (χ3n) is 4.85. The quantitative estimate of drug-likeness (QED) is 0.882. The molecule has 0 radical (unpaired) electrons. The summed E-state index contributed by atoms with van der Waals surface area (Å²) < 4.78 is 0. The van der Waals surface area contributed by atoms with Crippen LogP contribution >= 0.6 is 0 Å². The third kappa shape index (κ3) is 3.40. The summed E-state index contributed by atoms with van der Waals surface area (Å²) in [5, 5.41) is 3.43. The first kappa shape index (κ1) is 14.1. The molecule has 20 heavy (non-hydrogen) atoms. The van der Waals surface area contributed by atoms with E-state index in [0.29, 0.717) is 5.92 Å². The SMILES string of the molecule is CC(CCN1CC(N2CCNCC2)C1)c1ccccc1. The van der Waals surface area contributed by atoms with E-state index in [1.807, 2.05) is 0 Å². The Hall–Kier alpha value is -0.900. The van der Waals surface area contributed by atoms with Crippen LogP contribution < -0.4 is 5.32 Å². The Labute approximate surface area is 123 Å². The second kappa shape index (κ2) is 6.70. The second-order valence-electron chi connectivity index (χ2n) is 6.30. The van der Waals surface area contributed by atoms with Crippen molar-refractivity contribution in [2.45, 2.75) is 25.3 Å². The molecule has 0 aliphatic carbocycles. The van der Waals surface area contributed by atoms with Crippen LogP contribution in [0.3, 0.4) is 0 Å². The van der Waals surface area contributed by atoms with Crippen LogP contribution in [0.1, 0.15) is 24.8 Å². The van der Waals surface area contributed by atoms with Crippen molar-refractivity contribution >= 4 is 0 Å². The van der Waals surface area contributed by atoms with Gasteiger partial charge in [0.05, 0.1) is 0 Å². The van der Waals surface area contributed by atoms with Gasteiger partial charge in [-0.05, 0) is 24.4 Å². The van der Waals surface area contributed by atoms with Gasteiger partial charge in [0.2, 0.25) is 0 Å². The summed E-state index contributed by atoms with van der Waals surface area (Å²) in [6.07, 6.45) is 1.28. The van der Waals surface area contributed by atoms with Crippen molar-refractivity contribution in [3.63, 3.8) is 0 Å². The standard InChI is InChI=1S/C17H27N3/c1-15(16-5-3-2-4-6-16)7-10-19-13-17(14-19)20-11-8-18-9-12-20/h2-6,15,17-18H,7-14H2,1H3. The molecule has 0 bridgehead atoms. The average Bonchev–Trinajstić information content (AvgIpc) is 2.47. The molecule has 0 amide bonds. The largest absolute Gasteiger partial charge is 0.314 e. The number of nitrogens with zero attached hydrogens (tertiary/aromatic N) is 2. The molecular weight excluding hydrogens is 246 g/mol. The zero-order chi connectivity index (χ0) is 13.8. The van der Waals surface area contributed by atoms with Gasteiger partial charge in [0.1, 0.15) is 0 Å². The summed E-state index contributed by atoms with van der Waals surface area (Å²) >= 11 is 0. The summed E-state index contributed by atoms with van der Waals surface area (Å²) in [6, 6.07) is 11.7. The van der Waals surface area contributed by atoms with E-state index in [1.165, 1.54) is 57.8 Å². The summed E-state index contributed by atoms with van der Waals surface area (Å²) in [7, 11) is 0. The van der Waals surface area contributed by atoms with E-state index in [2.05, 4.69) is 52.4 Å². The number of benzene rings is 1. The maximum Gasteiger partial charge on any atom is 0.0351 e. The second-order valence-corrected chi connectivity index (χ2v) is 6.30. The van der Waals surface area contributed by atoms with Crippen molar-refractivity contribution in [3.05, 3.63) is 35.9 Å². The fraction of sp³-hybridized carbons (Fsp3) is 0.647. The van der Waals surface area contributed by atoms with Gasteiger partial charge in [0.15, 0.2) is 0 Å². The highest BCUT2D eigenvalue weighted by molar-refractivity contribution is 5.18. The van der Waals surface area contributed by atoms with Crippen LogP contribution in [0.4, 0.5) is 0 Å². The highest BCUT2D eigenvalue weighted by Gasteiger charge is 2.31. The molecule has 2 aliphatic heterocycles. The minimum Gasteiger partial charge on any atom is -0.314 e. The van der Waals surface area contributed by atoms with E-state index >= 15 is 0 Å². The molecule has 2 saturated heterocycles. The number of likely N-dealkylation sites (tertiary alicyclic amines) is 1. The van der Waals surface area contributed by atoms with Crippen LogP contribution in [0.25, 0.3) is 0 Å². The topological polar surface area (TPSA) is 18.5 Å². The summed E-state index contributed by atoms with van der Waals surface area (Å²) in [5.41, 5.74) is 1.48. The molecule has 0 spiro atoms. The van der Waals surface area contributed by atoms with Crippen LogP contribution in [0.2, 0.25) is 0 Å². The number of piperazine rings is 1. The minimum atomic E-state index is 0.675. The molecule has 0 saturated carbocycles. The molecule has 1 aromatic carbocycles. The number of hydrogen-bond acceptors (Lipinski definition) is 3. The molecule has 1 atom stereocenters. The van der Waals surface area contributed by atoms with Gasteiger partial charge in [-0.3, -0.25) is 4.90 Å². The van der Waals surface area contributed by atoms with Crippen molar-refractivity contribution in [1.29, 1.82) is 0 Å². The van der Waals surface area contributed by atoms with E-state index in [1.54, 1.807) is 0 Å². The first-order chi connectivity index (χ1) is 9.83. The fourth-order valence-electron chi connectivity index (χ4n) is 3.33.